The zero-order valence-electron chi connectivity index (χ0n) is 13.7. The van der Waals surface area contributed by atoms with Gasteiger partial charge in [-0.1, -0.05) is 0 Å². The molecule has 2 amide bonds. The second-order valence-corrected chi connectivity index (χ2v) is 5.75. The monoisotopic (exact) mass is 334 g/mol. The lowest BCUT2D eigenvalue weighted by molar-refractivity contribution is -0.384. The zero-order valence-corrected chi connectivity index (χ0v) is 13.7. The van der Waals surface area contributed by atoms with E-state index in [0.29, 0.717) is 12.2 Å². The third-order valence-corrected chi connectivity index (χ3v) is 3.92. The molecule has 2 N–H and O–H groups in total. The zero-order chi connectivity index (χ0) is 17.5. The summed E-state index contributed by atoms with van der Waals surface area (Å²) in [6.07, 6.45) is 3.17. The van der Waals surface area contributed by atoms with Gasteiger partial charge in [0, 0.05) is 44.7 Å². The quantitative estimate of drug-likeness (QED) is 0.465. The Hall–Kier alpha value is -2.64. The molecule has 1 aliphatic heterocycles. The number of nitrogens with zero attached hydrogens (tertiary/aromatic N) is 2. The van der Waals surface area contributed by atoms with Crippen LogP contribution >= 0.6 is 0 Å². The van der Waals surface area contributed by atoms with Crippen molar-refractivity contribution < 1.29 is 14.5 Å². The summed E-state index contributed by atoms with van der Waals surface area (Å²) >= 11 is 0. The molecule has 1 fully saturated rings. The molecule has 130 valence electrons. The number of nitro groups is 1. The maximum atomic E-state index is 12.1. The summed E-state index contributed by atoms with van der Waals surface area (Å²) in [5.41, 5.74) is 0.756. The molecular formula is C16H22N4O4. The minimum atomic E-state index is -0.446. The Balaban J connectivity index is 2.08. The second-order valence-electron chi connectivity index (χ2n) is 5.75. The molecule has 1 aliphatic rings. The van der Waals surface area contributed by atoms with Crippen LogP contribution in [-0.2, 0) is 4.79 Å². The Morgan fingerprint density at radius 1 is 1.17 bits per heavy atom. The first kappa shape index (κ1) is 17.7. The normalized spacial score (nSPS) is 14.1. The van der Waals surface area contributed by atoms with Gasteiger partial charge in [-0.05, 0) is 31.4 Å². The molecule has 0 spiro atoms. The Labute approximate surface area is 140 Å². The molecule has 8 heteroatoms. The molecule has 0 atom stereocenters. The highest BCUT2D eigenvalue weighted by molar-refractivity contribution is 5.95. The smallest absolute Gasteiger partial charge is 0.293 e. The van der Waals surface area contributed by atoms with E-state index < -0.39 is 10.8 Å². The van der Waals surface area contributed by atoms with E-state index >= 15 is 0 Å². The second kappa shape index (κ2) is 8.28. The molecule has 2 rings (SSSR count). The average molecular weight is 334 g/mol. The lowest BCUT2D eigenvalue weighted by atomic mass is 10.1. The number of piperidine rings is 1. The van der Waals surface area contributed by atoms with E-state index in [1.807, 2.05) is 4.90 Å². The number of carbonyl (C=O) groups is 2. The minimum absolute atomic E-state index is 0.0496. The number of benzene rings is 1. The van der Waals surface area contributed by atoms with Crippen molar-refractivity contribution in [3.05, 3.63) is 33.9 Å². The maximum Gasteiger partial charge on any atom is 0.293 e. The highest BCUT2D eigenvalue weighted by Crippen LogP contribution is 2.31. The number of amides is 2. The Morgan fingerprint density at radius 2 is 1.83 bits per heavy atom. The fourth-order valence-corrected chi connectivity index (χ4v) is 2.73. The van der Waals surface area contributed by atoms with Crippen LogP contribution in [0.3, 0.4) is 0 Å². The molecule has 0 radical (unpaired) electrons. The first-order chi connectivity index (χ1) is 11.5. The predicted octanol–water partition coefficient (Wildman–Crippen LogP) is 1.45. The molecule has 0 aromatic heterocycles. The van der Waals surface area contributed by atoms with E-state index in [9.17, 15) is 19.7 Å². The van der Waals surface area contributed by atoms with Gasteiger partial charge in [-0.25, -0.2) is 0 Å². The largest absolute Gasteiger partial charge is 0.366 e. The van der Waals surface area contributed by atoms with Crippen LogP contribution in [0, 0.1) is 10.1 Å². The summed E-state index contributed by atoms with van der Waals surface area (Å²) in [6, 6.07) is 4.56. The fourth-order valence-electron chi connectivity index (χ4n) is 2.73. The van der Waals surface area contributed by atoms with Crippen molar-refractivity contribution in [2.45, 2.75) is 26.2 Å². The summed E-state index contributed by atoms with van der Waals surface area (Å²) in [7, 11) is 0. The summed E-state index contributed by atoms with van der Waals surface area (Å²) < 4.78 is 0. The standard InChI is InChI=1S/C16H22N4O4/c1-12(21)17-7-8-18-16(22)13-5-6-14(15(11-13)20(23)24)19-9-3-2-4-10-19/h5-6,11H,2-4,7-10H2,1H3,(H,17,21)(H,18,22). The first-order valence-electron chi connectivity index (χ1n) is 8.05. The average Bonchev–Trinajstić information content (AvgIpc) is 2.58. The van der Waals surface area contributed by atoms with E-state index in [0.717, 1.165) is 32.4 Å². The Bertz CT molecular complexity index is 627. The minimum Gasteiger partial charge on any atom is -0.366 e. The third kappa shape index (κ3) is 4.68. The number of anilines is 1. The Morgan fingerprint density at radius 3 is 2.46 bits per heavy atom. The van der Waals surface area contributed by atoms with E-state index in [-0.39, 0.29) is 23.7 Å². The first-order valence-corrected chi connectivity index (χ1v) is 8.05. The highest BCUT2D eigenvalue weighted by Gasteiger charge is 2.23. The Kier molecular flexibility index (Phi) is 6.11. The van der Waals surface area contributed by atoms with E-state index in [4.69, 9.17) is 0 Å². The van der Waals surface area contributed by atoms with Crippen molar-refractivity contribution >= 4 is 23.2 Å². The van der Waals surface area contributed by atoms with Crippen LogP contribution < -0.4 is 15.5 Å². The molecule has 24 heavy (non-hydrogen) atoms. The van der Waals surface area contributed by atoms with Crippen LogP contribution in [0.15, 0.2) is 18.2 Å². The predicted molar refractivity (Wildman–Crippen MR) is 90.2 cm³/mol. The number of rotatable bonds is 6. The molecule has 1 aromatic carbocycles. The van der Waals surface area contributed by atoms with Gasteiger partial charge in [0.15, 0.2) is 0 Å². The van der Waals surface area contributed by atoms with Crippen molar-refractivity contribution in [1.82, 2.24) is 10.6 Å². The van der Waals surface area contributed by atoms with Gasteiger partial charge in [0.25, 0.3) is 11.6 Å². The van der Waals surface area contributed by atoms with Gasteiger partial charge in [-0.2, -0.15) is 0 Å². The lowest BCUT2D eigenvalue weighted by Crippen LogP contribution is -2.33. The molecule has 1 heterocycles. The topological polar surface area (TPSA) is 105 Å². The van der Waals surface area contributed by atoms with Gasteiger partial charge in [0.1, 0.15) is 5.69 Å². The number of nitro benzene ring substituents is 1. The van der Waals surface area contributed by atoms with Crippen molar-refractivity contribution in [2.24, 2.45) is 0 Å². The van der Waals surface area contributed by atoms with Crippen LogP contribution in [0.2, 0.25) is 0 Å². The van der Waals surface area contributed by atoms with Gasteiger partial charge in [-0.15, -0.1) is 0 Å². The molecule has 8 nitrogen and oxygen atoms in total. The van der Waals surface area contributed by atoms with Gasteiger partial charge in [0.2, 0.25) is 5.91 Å². The summed E-state index contributed by atoms with van der Waals surface area (Å²) in [5, 5.41) is 16.6. The van der Waals surface area contributed by atoms with Crippen molar-refractivity contribution in [3.63, 3.8) is 0 Å². The fraction of sp³-hybridized carbons (Fsp3) is 0.500. The number of carbonyl (C=O) groups excluding carboxylic acids is 2. The van der Waals surface area contributed by atoms with Gasteiger partial charge in [-0.3, -0.25) is 19.7 Å². The van der Waals surface area contributed by atoms with Crippen LogP contribution in [-0.4, -0.2) is 42.9 Å². The van der Waals surface area contributed by atoms with Gasteiger partial charge < -0.3 is 15.5 Å². The molecule has 1 saturated heterocycles. The third-order valence-electron chi connectivity index (χ3n) is 3.92. The van der Waals surface area contributed by atoms with E-state index in [1.54, 1.807) is 12.1 Å². The summed E-state index contributed by atoms with van der Waals surface area (Å²) in [4.78, 5) is 35.8. The molecule has 0 saturated carbocycles. The maximum absolute atomic E-state index is 12.1. The van der Waals surface area contributed by atoms with E-state index in [1.165, 1.54) is 13.0 Å². The molecular weight excluding hydrogens is 312 g/mol. The van der Waals surface area contributed by atoms with Crippen molar-refractivity contribution in [3.8, 4) is 0 Å². The molecule has 1 aromatic rings. The number of hydrogen-bond donors (Lipinski definition) is 2. The van der Waals surface area contributed by atoms with Crippen LogP contribution in [0.25, 0.3) is 0 Å². The molecule has 0 bridgehead atoms. The highest BCUT2D eigenvalue weighted by atomic mass is 16.6. The molecule has 0 unspecified atom stereocenters. The van der Waals surface area contributed by atoms with Crippen LogP contribution in [0.1, 0.15) is 36.5 Å². The molecule has 0 aliphatic carbocycles. The van der Waals surface area contributed by atoms with Crippen molar-refractivity contribution in [1.29, 1.82) is 0 Å². The van der Waals surface area contributed by atoms with Crippen molar-refractivity contribution in [2.75, 3.05) is 31.1 Å². The lowest BCUT2D eigenvalue weighted by Gasteiger charge is -2.28. The van der Waals surface area contributed by atoms with E-state index in [2.05, 4.69) is 10.6 Å². The summed E-state index contributed by atoms with van der Waals surface area (Å²) in [5.74, 6) is -0.570. The summed E-state index contributed by atoms with van der Waals surface area (Å²) in [6.45, 7) is 3.56. The van der Waals surface area contributed by atoms with Gasteiger partial charge >= 0.3 is 0 Å². The SMILES string of the molecule is CC(=O)NCCNC(=O)c1ccc(N2CCCCC2)c([N+](=O)[O-])c1. The van der Waals surface area contributed by atoms with Gasteiger partial charge in [0.05, 0.1) is 4.92 Å². The number of hydrogen-bond acceptors (Lipinski definition) is 5. The van der Waals surface area contributed by atoms with Crippen LogP contribution in [0.5, 0.6) is 0 Å². The number of nitrogens with one attached hydrogen (secondary N) is 2. The van der Waals surface area contributed by atoms with Crippen LogP contribution in [0.4, 0.5) is 11.4 Å².